The van der Waals surface area contributed by atoms with E-state index in [0.717, 1.165) is 0 Å². The second-order valence-electron chi connectivity index (χ2n) is 3.74. The van der Waals surface area contributed by atoms with Crippen LogP contribution in [0.3, 0.4) is 0 Å². The number of likely N-dealkylation sites (N-methyl/N-ethyl adjacent to an activating group) is 1. The Morgan fingerprint density at radius 1 is 1.44 bits per heavy atom. The lowest BCUT2D eigenvalue weighted by Gasteiger charge is -2.13. The first-order chi connectivity index (χ1) is 7.65. The van der Waals surface area contributed by atoms with Crippen LogP contribution in [0.4, 0.5) is 0 Å². The molecule has 0 fully saturated rings. The van der Waals surface area contributed by atoms with Gasteiger partial charge in [-0.1, -0.05) is 24.3 Å². The van der Waals surface area contributed by atoms with Crippen LogP contribution in [0.2, 0.25) is 0 Å². The molecule has 0 aromatic heterocycles. The Balaban J connectivity index is 2.41. The minimum Gasteiger partial charge on any atom is -0.480 e. The molecule has 3 N–H and O–H groups in total. The van der Waals surface area contributed by atoms with Gasteiger partial charge >= 0.3 is 5.97 Å². The highest BCUT2D eigenvalue weighted by atomic mass is 16.4. The number of carbonyl (C=O) groups is 1. The first-order valence-corrected chi connectivity index (χ1v) is 5.30. The molecule has 0 aliphatic heterocycles. The quantitative estimate of drug-likeness (QED) is 0.665. The zero-order valence-electron chi connectivity index (χ0n) is 9.66. The Kier molecular flexibility index (Phi) is 4.95. The smallest absolute Gasteiger partial charge is 0.322 e. The van der Waals surface area contributed by atoms with Gasteiger partial charge in [0.2, 0.25) is 0 Å². The normalized spacial score (nSPS) is 12.4. The van der Waals surface area contributed by atoms with Gasteiger partial charge in [0, 0.05) is 13.1 Å². The fourth-order valence-corrected chi connectivity index (χ4v) is 1.47. The van der Waals surface area contributed by atoms with Gasteiger partial charge in [-0.3, -0.25) is 4.79 Å². The van der Waals surface area contributed by atoms with Crippen LogP contribution in [0, 0.1) is 6.92 Å². The molecule has 1 aromatic rings. The van der Waals surface area contributed by atoms with Crippen LogP contribution in [0.25, 0.3) is 0 Å². The van der Waals surface area contributed by atoms with Crippen molar-refractivity contribution < 1.29 is 9.90 Å². The molecule has 1 rings (SSSR count). The number of carboxylic acids is 1. The highest BCUT2D eigenvalue weighted by molar-refractivity contribution is 5.73. The van der Waals surface area contributed by atoms with Crippen LogP contribution in [0.15, 0.2) is 24.3 Å². The number of hydrogen-bond acceptors (Lipinski definition) is 3. The van der Waals surface area contributed by atoms with Crippen LogP contribution in [-0.4, -0.2) is 30.7 Å². The summed E-state index contributed by atoms with van der Waals surface area (Å²) >= 11 is 0. The maximum absolute atomic E-state index is 10.7. The molecule has 0 amide bonds. The number of nitrogens with one attached hydrogen (secondary N) is 2. The van der Waals surface area contributed by atoms with E-state index in [1.165, 1.54) is 11.1 Å². The van der Waals surface area contributed by atoms with E-state index in [1.807, 2.05) is 31.2 Å². The number of aryl methyl sites for hydroxylation is 1. The summed E-state index contributed by atoms with van der Waals surface area (Å²) in [6, 6.07) is 7.52. The molecule has 0 aliphatic rings. The molecule has 4 nitrogen and oxygen atoms in total. The van der Waals surface area contributed by atoms with Crippen molar-refractivity contribution >= 4 is 5.97 Å². The van der Waals surface area contributed by atoms with Gasteiger partial charge in [-0.05, 0) is 25.1 Å². The highest BCUT2D eigenvalue weighted by Gasteiger charge is 2.13. The lowest BCUT2D eigenvalue weighted by atomic mass is 10.1. The molecule has 0 aliphatic carbocycles. The van der Waals surface area contributed by atoms with Crippen molar-refractivity contribution in [2.24, 2.45) is 0 Å². The first-order valence-electron chi connectivity index (χ1n) is 5.30. The fourth-order valence-electron chi connectivity index (χ4n) is 1.47. The van der Waals surface area contributed by atoms with Crippen molar-refractivity contribution in [2.45, 2.75) is 19.5 Å². The van der Waals surface area contributed by atoms with Crippen molar-refractivity contribution in [2.75, 3.05) is 13.6 Å². The second-order valence-corrected chi connectivity index (χ2v) is 3.74. The Hall–Kier alpha value is -1.39. The number of benzene rings is 1. The third-order valence-electron chi connectivity index (χ3n) is 2.57. The number of aliphatic carboxylic acids is 1. The second kappa shape index (κ2) is 6.25. The van der Waals surface area contributed by atoms with E-state index in [9.17, 15) is 4.79 Å². The molecule has 0 saturated carbocycles. The molecule has 0 heterocycles. The summed E-state index contributed by atoms with van der Waals surface area (Å²) in [7, 11) is 1.65. The van der Waals surface area contributed by atoms with Crippen molar-refractivity contribution in [1.29, 1.82) is 0 Å². The molecule has 1 aromatic carbocycles. The van der Waals surface area contributed by atoms with Crippen molar-refractivity contribution in [3.63, 3.8) is 0 Å². The third-order valence-corrected chi connectivity index (χ3v) is 2.57. The molecule has 1 unspecified atom stereocenters. The lowest BCUT2D eigenvalue weighted by Crippen LogP contribution is -2.42. The summed E-state index contributed by atoms with van der Waals surface area (Å²) in [5.41, 5.74) is 2.41. The van der Waals surface area contributed by atoms with Gasteiger partial charge in [0.1, 0.15) is 6.04 Å². The third kappa shape index (κ3) is 3.64. The Morgan fingerprint density at radius 3 is 2.69 bits per heavy atom. The van der Waals surface area contributed by atoms with Gasteiger partial charge in [-0.2, -0.15) is 0 Å². The Bertz CT molecular complexity index is 353. The van der Waals surface area contributed by atoms with Gasteiger partial charge in [-0.15, -0.1) is 0 Å². The van der Waals surface area contributed by atoms with Crippen LogP contribution in [0.1, 0.15) is 11.1 Å². The molecule has 1 atom stereocenters. The zero-order chi connectivity index (χ0) is 12.0. The van der Waals surface area contributed by atoms with Gasteiger partial charge in [-0.25, -0.2) is 0 Å². The van der Waals surface area contributed by atoms with Gasteiger partial charge in [0.25, 0.3) is 0 Å². The maximum Gasteiger partial charge on any atom is 0.322 e. The summed E-state index contributed by atoms with van der Waals surface area (Å²) in [4.78, 5) is 10.7. The average Bonchev–Trinajstić information content (AvgIpc) is 2.26. The molecule has 0 spiro atoms. The Labute approximate surface area is 95.7 Å². The minimum absolute atomic E-state index is 0.417. The van der Waals surface area contributed by atoms with Crippen molar-refractivity contribution in [1.82, 2.24) is 10.6 Å². The van der Waals surface area contributed by atoms with E-state index in [4.69, 9.17) is 5.11 Å². The molecule has 0 radical (unpaired) electrons. The van der Waals surface area contributed by atoms with Crippen LogP contribution < -0.4 is 10.6 Å². The molecular weight excluding hydrogens is 204 g/mol. The molecule has 88 valence electrons. The van der Waals surface area contributed by atoms with Crippen LogP contribution in [0.5, 0.6) is 0 Å². The monoisotopic (exact) mass is 222 g/mol. The lowest BCUT2D eigenvalue weighted by molar-refractivity contribution is -0.139. The van der Waals surface area contributed by atoms with Crippen LogP contribution in [-0.2, 0) is 11.3 Å². The van der Waals surface area contributed by atoms with E-state index in [0.29, 0.717) is 13.1 Å². The molecule has 4 heteroatoms. The molecule has 0 saturated heterocycles. The summed E-state index contributed by atoms with van der Waals surface area (Å²) in [6.45, 7) is 3.15. The predicted octanol–water partition coefficient (Wildman–Crippen LogP) is 0.757. The van der Waals surface area contributed by atoms with Crippen molar-refractivity contribution in [3.05, 3.63) is 35.4 Å². The fraction of sp³-hybridized carbons (Fsp3) is 0.417. The number of hydrogen-bond donors (Lipinski definition) is 3. The minimum atomic E-state index is -0.834. The standard InChI is InChI=1S/C12H18N2O2/c1-9-5-3-4-6-10(9)7-14-8-11(13-2)12(15)16/h3-6,11,13-14H,7-8H2,1-2H3,(H,15,16). The number of carboxylic acid groups (broad SMARTS) is 1. The van der Waals surface area contributed by atoms with Gasteiger partial charge in [0.15, 0.2) is 0 Å². The van der Waals surface area contributed by atoms with Crippen molar-refractivity contribution in [3.8, 4) is 0 Å². The Morgan fingerprint density at radius 2 is 2.12 bits per heavy atom. The predicted molar refractivity (Wildman–Crippen MR) is 63.4 cm³/mol. The first kappa shape index (κ1) is 12.7. The average molecular weight is 222 g/mol. The van der Waals surface area contributed by atoms with E-state index in [2.05, 4.69) is 10.6 Å². The summed E-state index contributed by atoms with van der Waals surface area (Å²) in [5, 5.41) is 14.7. The van der Waals surface area contributed by atoms with E-state index < -0.39 is 12.0 Å². The maximum atomic E-state index is 10.7. The topological polar surface area (TPSA) is 61.4 Å². The number of rotatable bonds is 6. The van der Waals surface area contributed by atoms with Gasteiger partial charge < -0.3 is 15.7 Å². The zero-order valence-corrected chi connectivity index (χ0v) is 9.66. The van der Waals surface area contributed by atoms with Crippen LogP contribution >= 0.6 is 0 Å². The molecular formula is C12H18N2O2. The molecule has 16 heavy (non-hydrogen) atoms. The largest absolute Gasteiger partial charge is 0.480 e. The summed E-state index contributed by atoms with van der Waals surface area (Å²) in [5.74, 6) is -0.834. The van der Waals surface area contributed by atoms with E-state index in [1.54, 1.807) is 7.05 Å². The summed E-state index contributed by atoms with van der Waals surface area (Å²) < 4.78 is 0. The van der Waals surface area contributed by atoms with Gasteiger partial charge in [0.05, 0.1) is 0 Å². The highest BCUT2D eigenvalue weighted by Crippen LogP contribution is 2.05. The van der Waals surface area contributed by atoms with E-state index >= 15 is 0 Å². The van der Waals surface area contributed by atoms with E-state index in [-0.39, 0.29) is 0 Å². The summed E-state index contributed by atoms with van der Waals surface area (Å²) in [6.07, 6.45) is 0. The molecule has 0 bridgehead atoms. The SMILES string of the molecule is CNC(CNCc1ccccc1C)C(=O)O.